The molecule has 0 saturated heterocycles. The standard InChI is InChI=1S/C26H20NO.C14H15FGeN.Ir/c1-17(2)19-12-13-27-24(15-19)21-8-10-22-23-14-20(18-6-4-3-5-7-18)9-11-25(23)28-26(22)16-21;1-16(2,3)13-8-9-14(17-10-13)11-4-6-12(15)7-5-11;/h3-7,9-17H,1-2H3;4,6-10H,1-3H3;/q2*-1;. The first kappa shape index (κ1) is 33.5. The van der Waals surface area contributed by atoms with Gasteiger partial charge in [0.2, 0.25) is 0 Å². The monoisotopic (exact) mass is 845 g/mol. The number of fused-ring (bicyclic) bond motifs is 3. The summed E-state index contributed by atoms with van der Waals surface area (Å²) in [6.45, 7) is 4.38. The van der Waals surface area contributed by atoms with E-state index in [0.29, 0.717) is 5.92 Å². The third kappa shape index (κ3) is 7.55. The fraction of sp³-hybridized carbons (Fsp3) is 0.150. The molecular formula is C40H35FGeIrN2O-2. The van der Waals surface area contributed by atoms with Crippen LogP contribution in [0.25, 0.3) is 55.6 Å². The molecule has 0 fully saturated rings. The van der Waals surface area contributed by atoms with Crippen LogP contribution in [0.1, 0.15) is 25.3 Å². The van der Waals surface area contributed by atoms with Crippen molar-refractivity contribution in [2.24, 2.45) is 0 Å². The van der Waals surface area contributed by atoms with E-state index in [2.05, 4.69) is 114 Å². The predicted molar refractivity (Wildman–Crippen MR) is 187 cm³/mol. The van der Waals surface area contributed by atoms with E-state index in [1.165, 1.54) is 33.2 Å². The van der Waals surface area contributed by atoms with Gasteiger partial charge in [-0.1, -0.05) is 79.4 Å². The maximum absolute atomic E-state index is 12.8. The first-order valence-electron chi connectivity index (χ1n) is 15.2. The van der Waals surface area contributed by atoms with E-state index in [-0.39, 0.29) is 25.9 Å². The van der Waals surface area contributed by atoms with E-state index >= 15 is 0 Å². The topological polar surface area (TPSA) is 38.9 Å². The molecule has 46 heavy (non-hydrogen) atoms. The molecule has 233 valence electrons. The molecule has 0 N–H and O–H groups in total. The molecule has 0 saturated carbocycles. The Morgan fingerprint density at radius 2 is 1.48 bits per heavy atom. The second kappa shape index (κ2) is 14.3. The molecular weight excluding hydrogens is 808 g/mol. The van der Waals surface area contributed by atoms with E-state index in [9.17, 15) is 4.39 Å². The summed E-state index contributed by atoms with van der Waals surface area (Å²) in [6, 6.07) is 39.9. The van der Waals surface area contributed by atoms with Crippen molar-refractivity contribution in [2.45, 2.75) is 37.0 Å². The number of pyridine rings is 2. The molecule has 3 nitrogen and oxygen atoms in total. The zero-order valence-electron chi connectivity index (χ0n) is 26.6. The summed E-state index contributed by atoms with van der Waals surface area (Å²) < 4.78 is 20.3. The first-order valence-corrected chi connectivity index (χ1v) is 22.5. The fourth-order valence-electron chi connectivity index (χ4n) is 5.19. The Morgan fingerprint density at radius 1 is 0.696 bits per heavy atom. The van der Waals surface area contributed by atoms with Gasteiger partial charge in [-0.2, -0.15) is 0 Å². The molecule has 0 atom stereocenters. The number of furan rings is 1. The van der Waals surface area contributed by atoms with Crippen molar-refractivity contribution in [3.05, 3.63) is 139 Å². The Balaban J connectivity index is 0.000000200. The summed E-state index contributed by atoms with van der Waals surface area (Å²) in [4.78, 5) is 8.97. The molecule has 6 heteroatoms. The first-order chi connectivity index (χ1) is 21.7. The molecule has 0 amide bonds. The Morgan fingerprint density at radius 3 is 2.15 bits per heavy atom. The Hall–Kier alpha value is -3.90. The van der Waals surface area contributed by atoms with E-state index in [0.717, 1.165) is 44.5 Å². The molecule has 0 aliphatic rings. The van der Waals surface area contributed by atoms with Gasteiger partial charge in [0.25, 0.3) is 0 Å². The molecule has 4 aromatic carbocycles. The van der Waals surface area contributed by atoms with Crippen molar-refractivity contribution in [3.63, 3.8) is 0 Å². The smallest absolute Gasteiger partial charge is 0 e. The normalized spacial score (nSPS) is 11.3. The zero-order valence-corrected chi connectivity index (χ0v) is 31.1. The van der Waals surface area contributed by atoms with Gasteiger partial charge >= 0.3 is 104 Å². The maximum Gasteiger partial charge on any atom is 0 e. The van der Waals surface area contributed by atoms with Crippen LogP contribution in [0.2, 0.25) is 17.3 Å². The molecule has 7 aromatic rings. The minimum absolute atomic E-state index is 0. The molecule has 3 heterocycles. The van der Waals surface area contributed by atoms with E-state index in [1.807, 2.05) is 36.7 Å². The number of aromatic nitrogens is 2. The van der Waals surface area contributed by atoms with Gasteiger partial charge < -0.3 is 9.40 Å². The Labute approximate surface area is 286 Å². The van der Waals surface area contributed by atoms with Crippen LogP contribution in [0.5, 0.6) is 0 Å². The second-order valence-electron chi connectivity index (χ2n) is 12.5. The number of hydrogen-bond donors (Lipinski definition) is 0. The largest absolute Gasteiger partial charge is 0 e. The molecule has 1 radical (unpaired) electrons. The van der Waals surface area contributed by atoms with Crippen molar-refractivity contribution in [1.29, 1.82) is 0 Å². The van der Waals surface area contributed by atoms with Gasteiger partial charge in [-0.15, -0.1) is 17.7 Å². The molecule has 0 bridgehead atoms. The van der Waals surface area contributed by atoms with Gasteiger partial charge in [0.05, 0.1) is 5.58 Å². The van der Waals surface area contributed by atoms with E-state index in [4.69, 9.17) is 4.42 Å². The summed E-state index contributed by atoms with van der Waals surface area (Å²) in [6.07, 6.45) is 3.82. The van der Waals surface area contributed by atoms with Crippen LogP contribution in [0.3, 0.4) is 0 Å². The van der Waals surface area contributed by atoms with Crippen molar-refractivity contribution in [3.8, 4) is 33.6 Å². The van der Waals surface area contributed by atoms with Crippen LogP contribution >= 0.6 is 0 Å². The van der Waals surface area contributed by atoms with Crippen LogP contribution in [-0.2, 0) is 20.1 Å². The van der Waals surface area contributed by atoms with Crippen molar-refractivity contribution in [1.82, 2.24) is 9.97 Å². The average molecular weight is 844 g/mol. The van der Waals surface area contributed by atoms with Gasteiger partial charge in [0, 0.05) is 26.3 Å². The van der Waals surface area contributed by atoms with Crippen LogP contribution in [0.15, 0.2) is 120 Å². The number of hydrogen-bond acceptors (Lipinski definition) is 3. The molecule has 7 rings (SSSR count). The SMILES string of the molecule is CC(C)c1ccnc(-c2[c-]cc3c(c2)oc2ccc(-c4ccccc4)cc23)c1.[CH3][Ge]([CH3])([CH3])[c]1ccc(-c2[c-]cc(F)cc2)nc1.[Ir]. The fourth-order valence-corrected chi connectivity index (χ4v) is 7.36. The minimum Gasteiger partial charge on any atom is 0 e. The minimum atomic E-state index is -1.79. The molecule has 0 unspecified atom stereocenters. The third-order valence-corrected chi connectivity index (χ3v) is 12.2. The van der Waals surface area contributed by atoms with Gasteiger partial charge in [0.1, 0.15) is 5.58 Å². The summed E-state index contributed by atoms with van der Waals surface area (Å²) in [5, 5.41) is 2.19. The van der Waals surface area contributed by atoms with E-state index < -0.39 is 13.3 Å². The third-order valence-electron chi connectivity index (χ3n) is 7.92. The number of halogens is 1. The van der Waals surface area contributed by atoms with Gasteiger partial charge in [-0.25, -0.2) is 0 Å². The van der Waals surface area contributed by atoms with Crippen molar-refractivity contribution >= 4 is 39.6 Å². The molecule has 0 aliphatic carbocycles. The second-order valence-corrected chi connectivity index (χ2v) is 23.2. The van der Waals surface area contributed by atoms with Crippen molar-refractivity contribution < 1.29 is 28.9 Å². The van der Waals surface area contributed by atoms with Crippen LogP contribution in [0.4, 0.5) is 4.39 Å². The summed E-state index contributed by atoms with van der Waals surface area (Å²) >= 11 is -1.79. The van der Waals surface area contributed by atoms with Gasteiger partial charge in [-0.3, -0.25) is 0 Å². The van der Waals surface area contributed by atoms with Crippen LogP contribution < -0.4 is 4.40 Å². The van der Waals surface area contributed by atoms with Gasteiger partial charge in [0.15, 0.2) is 0 Å². The molecule has 0 spiro atoms. The van der Waals surface area contributed by atoms with E-state index in [1.54, 1.807) is 6.07 Å². The zero-order chi connectivity index (χ0) is 31.6. The average Bonchev–Trinajstić information content (AvgIpc) is 3.43. The van der Waals surface area contributed by atoms with Crippen LogP contribution in [-0.4, -0.2) is 23.2 Å². The molecule has 3 aromatic heterocycles. The predicted octanol–water partition coefficient (Wildman–Crippen LogP) is 10.5. The quantitative estimate of drug-likeness (QED) is 0.128. The Kier molecular flexibility index (Phi) is 10.4. The summed E-state index contributed by atoms with van der Waals surface area (Å²) in [7, 11) is 0. The number of rotatable bonds is 5. The molecule has 0 aliphatic heterocycles. The van der Waals surface area contributed by atoms with Gasteiger partial charge in [-0.05, 0) is 40.3 Å². The summed E-state index contributed by atoms with van der Waals surface area (Å²) in [5.74, 6) is 7.20. The Bertz CT molecular complexity index is 2070. The summed E-state index contributed by atoms with van der Waals surface area (Å²) in [5.41, 5.74) is 8.99. The number of nitrogens with zero attached hydrogens (tertiary/aromatic N) is 2. The number of benzene rings is 4. The maximum atomic E-state index is 12.8. The van der Waals surface area contributed by atoms with Crippen molar-refractivity contribution in [2.75, 3.05) is 0 Å². The van der Waals surface area contributed by atoms with Crippen LogP contribution in [0, 0.1) is 17.9 Å².